The van der Waals surface area contributed by atoms with Gasteiger partial charge in [-0.15, -0.1) is 0 Å². The molecular weight excluding hydrogens is 712 g/mol. The van der Waals surface area contributed by atoms with Gasteiger partial charge in [-0.3, -0.25) is 0 Å². The second kappa shape index (κ2) is 22.0. The highest BCUT2D eigenvalue weighted by molar-refractivity contribution is 5.65. The summed E-state index contributed by atoms with van der Waals surface area (Å²) in [6.45, 7) is 14.2. The molecule has 0 bridgehead atoms. The second-order valence-electron chi connectivity index (χ2n) is 14.6. The molecule has 0 N–H and O–H groups in total. The average molecular weight is 771 g/mol. The number of epoxide rings is 2. The van der Waals surface area contributed by atoms with Crippen LogP contribution in [0.3, 0.4) is 0 Å². The van der Waals surface area contributed by atoms with E-state index in [0.717, 1.165) is 71.3 Å². The van der Waals surface area contributed by atoms with E-state index in [1.807, 2.05) is 76.2 Å². The summed E-state index contributed by atoms with van der Waals surface area (Å²) in [6.07, 6.45) is 2.31. The van der Waals surface area contributed by atoms with E-state index in [2.05, 4.69) is 48.5 Å². The van der Waals surface area contributed by atoms with Gasteiger partial charge >= 0.3 is 0 Å². The molecule has 0 spiro atoms. The minimum atomic E-state index is -0.0386. The lowest BCUT2D eigenvalue weighted by Gasteiger charge is -2.18. The van der Waals surface area contributed by atoms with Crippen LogP contribution in [0.2, 0.25) is 0 Å². The predicted molar refractivity (Wildman–Crippen MR) is 216 cm³/mol. The maximum absolute atomic E-state index is 6.00. The summed E-state index contributed by atoms with van der Waals surface area (Å²) in [5.41, 5.74) is 4.48. The van der Waals surface area contributed by atoms with Crippen molar-refractivity contribution in [1.29, 1.82) is 0 Å². The fourth-order valence-corrected chi connectivity index (χ4v) is 5.65. The molecule has 2 heterocycles. The molecule has 2 fully saturated rings. The molecule has 0 aliphatic carbocycles. The maximum atomic E-state index is 6.00. The molecule has 2 aliphatic rings. The maximum Gasteiger partial charge on any atom is 0.119 e. The monoisotopic (exact) mass is 770 g/mol. The molecule has 10 nitrogen and oxygen atoms in total. The predicted octanol–water partition coefficient (Wildman–Crippen LogP) is 8.43. The van der Waals surface area contributed by atoms with Crippen LogP contribution in [0, 0.1) is 0 Å². The van der Waals surface area contributed by atoms with Crippen molar-refractivity contribution in [3.05, 3.63) is 97.1 Å². The molecule has 4 aromatic carbocycles. The first-order chi connectivity index (χ1) is 27.4. The molecule has 0 saturated carbocycles. The van der Waals surface area contributed by atoms with E-state index in [1.54, 1.807) is 0 Å². The lowest BCUT2D eigenvalue weighted by atomic mass is 10.1. The van der Waals surface area contributed by atoms with E-state index in [4.69, 9.17) is 47.4 Å². The number of rotatable bonds is 27. The molecule has 0 aromatic heterocycles. The zero-order chi connectivity index (χ0) is 39.0. The van der Waals surface area contributed by atoms with Crippen LogP contribution < -0.4 is 18.9 Å². The van der Waals surface area contributed by atoms with E-state index in [-0.39, 0.29) is 36.6 Å². The molecule has 2 aliphatic heterocycles. The van der Waals surface area contributed by atoms with Crippen LogP contribution in [0.4, 0.5) is 0 Å². The van der Waals surface area contributed by atoms with Gasteiger partial charge in [0.05, 0.1) is 77.3 Å². The zero-order valence-electron chi connectivity index (χ0n) is 33.3. The summed E-state index contributed by atoms with van der Waals surface area (Å²) >= 11 is 0. The molecular formula is C46H58O10. The minimum absolute atomic E-state index is 0.0298. The van der Waals surface area contributed by atoms with Crippen LogP contribution >= 0.6 is 0 Å². The van der Waals surface area contributed by atoms with Crippen LogP contribution in [0.25, 0.3) is 22.3 Å². The second-order valence-corrected chi connectivity index (χ2v) is 14.6. The summed E-state index contributed by atoms with van der Waals surface area (Å²) in [4.78, 5) is 0. The Labute approximate surface area is 332 Å². The third-order valence-corrected chi connectivity index (χ3v) is 9.30. The van der Waals surface area contributed by atoms with E-state index in [0.29, 0.717) is 52.9 Å². The Morgan fingerprint density at radius 3 is 1.00 bits per heavy atom. The Bertz CT molecular complexity index is 1540. The van der Waals surface area contributed by atoms with E-state index >= 15 is 0 Å². The Kier molecular flexibility index (Phi) is 16.3. The van der Waals surface area contributed by atoms with Crippen molar-refractivity contribution in [1.82, 2.24) is 0 Å². The fraction of sp³-hybridized carbons (Fsp3) is 0.478. The lowest BCUT2D eigenvalue weighted by Crippen LogP contribution is -2.25. The summed E-state index contributed by atoms with van der Waals surface area (Å²) in [6, 6.07) is 32.6. The van der Waals surface area contributed by atoms with Gasteiger partial charge in [-0.25, -0.2) is 0 Å². The van der Waals surface area contributed by atoms with Crippen LogP contribution in [0.5, 0.6) is 23.0 Å². The first-order valence-electron chi connectivity index (χ1n) is 20.0. The highest BCUT2D eigenvalue weighted by atomic mass is 16.6. The van der Waals surface area contributed by atoms with Gasteiger partial charge in [-0.2, -0.15) is 0 Å². The molecule has 6 rings (SSSR count). The van der Waals surface area contributed by atoms with Gasteiger partial charge in [-0.05, 0) is 111 Å². The van der Waals surface area contributed by atoms with Crippen molar-refractivity contribution >= 4 is 0 Å². The number of hydrogen-bond acceptors (Lipinski definition) is 10. The first kappa shape index (κ1) is 41.5. The SMILES string of the molecule is CC(COc1ccc(-c2ccc(OCCCCOc3ccc(-c4ccc(OCC(C)OCC(C)OCC5CO5)cc4)cc3)cc2)cc1)OCC(C)OCC1CO1. The minimum Gasteiger partial charge on any atom is -0.494 e. The summed E-state index contributed by atoms with van der Waals surface area (Å²) in [7, 11) is 0. The van der Waals surface area contributed by atoms with E-state index < -0.39 is 0 Å². The highest BCUT2D eigenvalue weighted by Gasteiger charge is 2.24. The average Bonchev–Trinajstić information content (AvgIpc) is 4.18. The van der Waals surface area contributed by atoms with Crippen molar-refractivity contribution in [2.24, 2.45) is 0 Å². The van der Waals surface area contributed by atoms with E-state index in [1.165, 1.54) is 0 Å². The van der Waals surface area contributed by atoms with Crippen LogP contribution in [-0.4, -0.2) is 103 Å². The Morgan fingerprint density at radius 1 is 0.411 bits per heavy atom. The van der Waals surface area contributed by atoms with Gasteiger partial charge < -0.3 is 47.4 Å². The normalized spacial score (nSPS) is 18.1. The van der Waals surface area contributed by atoms with Gasteiger partial charge in [0.1, 0.15) is 48.4 Å². The summed E-state index contributed by atoms with van der Waals surface area (Å²) in [5.74, 6) is 3.34. The van der Waals surface area contributed by atoms with Crippen molar-refractivity contribution in [3.8, 4) is 45.3 Å². The number of ether oxygens (including phenoxy) is 10. The number of hydrogen-bond donors (Lipinski definition) is 0. The third-order valence-electron chi connectivity index (χ3n) is 9.30. The van der Waals surface area contributed by atoms with Crippen molar-refractivity contribution in [2.45, 2.75) is 77.2 Å². The molecule has 0 radical (unpaired) electrons. The first-order valence-corrected chi connectivity index (χ1v) is 20.0. The quantitative estimate of drug-likeness (QED) is 0.0434. The Hall–Kier alpha value is -4.16. The van der Waals surface area contributed by atoms with Crippen LogP contribution in [0.15, 0.2) is 97.1 Å². The molecule has 302 valence electrons. The number of unbranched alkanes of at least 4 members (excludes halogenated alkanes) is 1. The third kappa shape index (κ3) is 15.1. The van der Waals surface area contributed by atoms with Gasteiger partial charge in [0.15, 0.2) is 0 Å². The highest BCUT2D eigenvalue weighted by Crippen LogP contribution is 2.27. The number of benzene rings is 4. The lowest BCUT2D eigenvalue weighted by molar-refractivity contribution is -0.0451. The smallest absolute Gasteiger partial charge is 0.119 e. The fourth-order valence-electron chi connectivity index (χ4n) is 5.65. The van der Waals surface area contributed by atoms with Gasteiger partial charge in [0.25, 0.3) is 0 Å². The summed E-state index contributed by atoms with van der Waals surface area (Å²) < 4.78 is 57.4. The molecule has 4 aromatic rings. The van der Waals surface area contributed by atoms with Crippen molar-refractivity contribution in [2.75, 3.05) is 66.1 Å². The van der Waals surface area contributed by atoms with E-state index in [9.17, 15) is 0 Å². The molecule has 6 unspecified atom stereocenters. The van der Waals surface area contributed by atoms with Crippen molar-refractivity contribution < 1.29 is 47.4 Å². The van der Waals surface area contributed by atoms with Crippen LogP contribution in [-0.2, 0) is 28.4 Å². The largest absolute Gasteiger partial charge is 0.494 e. The summed E-state index contributed by atoms with van der Waals surface area (Å²) in [5, 5.41) is 0. The van der Waals surface area contributed by atoms with Crippen molar-refractivity contribution in [3.63, 3.8) is 0 Å². The standard InChI is InChI=1S/C46H58O10/c1-33(51-29-45-31-55-45)25-49-35(3)27-53-43-19-11-39(12-20-43)37-7-15-41(16-8-37)47-23-5-6-24-48-42-17-9-38(10-18-42)40-13-21-44(22-14-40)54-28-36(4)50-26-34(2)52-30-46-32-56-46/h7-22,33-36,45-46H,5-6,23-32H2,1-4H3. The van der Waals surface area contributed by atoms with Gasteiger partial charge in [0.2, 0.25) is 0 Å². The van der Waals surface area contributed by atoms with Crippen LogP contribution in [0.1, 0.15) is 40.5 Å². The molecule has 10 heteroatoms. The molecule has 0 amide bonds. The molecule has 2 saturated heterocycles. The molecule has 6 atom stereocenters. The van der Waals surface area contributed by atoms with Gasteiger partial charge in [-0.1, -0.05) is 48.5 Å². The zero-order valence-corrected chi connectivity index (χ0v) is 33.3. The Morgan fingerprint density at radius 2 is 0.696 bits per heavy atom. The topological polar surface area (TPSA) is 98.9 Å². The molecule has 56 heavy (non-hydrogen) atoms. The Balaban J connectivity index is 0.805. The van der Waals surface area contributed by atoms with Gasteiger partial charge in [0, 0.05) is 0 Å².